The molecule has 0 N–H and O–H groups in total. The molecule has 80 valence electrons. The van der Waals surface area contributed by atoms with Gasteiger partial charge in [0.25, 0.3) is 0 Å². The van der Waals surface area contributed by atoms with Gasteiger partial charge in [-0.25, -0.2) is 4.39 Å². The Balaban J connectivity index is 2.58. The quantitative estimate of drug-likeness (QED) is 0.757. The van der Waals surface area contributed by atoms with Crippen LogP contribution in [-0.2, 0) is 6.54 Å². The molecule has 3 nitrogen and oxygen atoms in total. The summed E-state index contributed by atoms with van der Waals surface area (Å²) in [4.78, 5) is 5.78. The molecule has 0 spiro atoms. The molecule has 0 radical (unpaired) electrons. The zero-order valence-electron chi connectivity index (χ0n) is 8.94. The van der Waals surface area contributed by atoms with E-state index in [4.69, 9.17) is 5.26 Å². The molecule has 0 saturated heterocycles. The molecule has 0 amide bonds. The highest BCUT2D eigenvalue weighted by Gasteiger charge is 2.09. The van der Waals surface area contributed by atoms with E-state index in [1.54, 1.807) is 6.20 Å². The van der Waals surface area contributed by atoms with Crippen LogP contribution in [0.3, 0.4) is 0 Å². The molecule has 0 aliphatic heterocycles. The highest BCUT2D eigenvalue weighted by molar-refractivity contribution is 5.10. The minimum Gasteiger partial charge on any atom is -0.298 e. The van der Waals surface area contributed by atoms with Crippen LogP contribution >= 0.6 is 0 Å². The molecule has 1 heterocycles. The van der Waals surface area contributed by atoms with E-state index in [-0.39, 0.29) is 11.9 Å². The lowest BCUT2D eigenvalue weighted by molar-refractivity contribution is 0.252. The number of nitrogens with zero attached hydrogens (tertiary/aromatic N) is 3. The summed E-state index contributed by atoms with van der Waals surface area (Å²) in [7, 11) is 1.91. The van der Waals surface area contributed by atoms with E-state index in [0.717, 1.165) is 5.56 Å². The highest BCUT2D eigenvalue weighted by Crippen LogP contribution is 2.08. The Hall–Kier alpha value is -1.47. The van der Waals surface area contributed by atoms with Gasteiger partial charge in [-0.2, -0.15) is 5.26 Å². The number of hydrogen-bond acceptors (Lipinski definition) is 3. The predicted octanol–water partition coefficient (Wildman–Crippen LogP) is 1.95. The fourth-order valence-corrected chi connectivity index (χ4v) is 1.27. The molecular formula is C11H14FN3. The largest absolute Gasteiger partial charge is 0.298 e. The van der Waals surface area contributed by atoms with Gasteiger partial charge in [-0.05, 0) is 25.6 Å². The summed E-state index contributed by atoms with van der Waals surface area (Å²) in [6, 6.07) is 3.74. The summed E-state index contributed by atoms with van der Waals surface area (Å²) in [5, 5.41) is 8.55. The second-order valence-corrected chi connectivity index (χ2v) is 3.64. The Morgan fingerprint density at radius 2 is 2.33 bits per heavy atom. The fourth-order valence-electron chi connectivity index (χ4n) is 1.27. The number of hydrogen-bond donors (Lipinski definition) is 0. The number of halogens is 1. The number of nitriles is 1. The van der Waals surface area contributed by atoms with Crippen molar-refractivity contribution < 1.29 is 4.39 Å². The molecule has 0 fully saturated rings. The third-order valence-corrected chi connectivity index (χ3v) is 2.33. The third-order valence-electron chi connectivity index (χ3n) is 2.33. The lowest BCUT2D eigenvalue weighted by Crippen LogP contribution is -2.28. The van der Waals surface area contributed by atoms with Gasteiger partial charge in [0.05, 0.1) is 18.7 Å². The van der Waals surface area contributed by atoms with Crippen molar-refractivity contribution in [1.29, 1.82) is 5.26 Å². The third kappa shape index (κ3) is 3.64. The Bertz CT molecular complexity index is 359. The van der Waals surface area contributed by atoms with Crippen LogP contribution in [0.4, 0.5) is 4.39 Å². The lowest BCUT2D eigenvalue weighted by atomic mass is 10.2. The van der Waals surface area contributed by atoms with Crippen molar-refractivity contribution in [1.82, 2.24) is 9.88 Å². The topological polar surface area (TPSA) is 39.9 Å². The molecule has 1 aromatic rings. The molecule has 1 rings (SSSR count). The summed E-state index contributed by atoms with van der Waals surface area (Å²) in [5.41, 5.74) is 0.822. The van der Waals surface area contributed by atoms with E-state index >= 15 is 0 Å². The van der Waals surface area contributed by atoms with E-state index in [0.29, 0.717) is 13.0 Å². The highest BCUT2D eigenvalue weighted by atomic mass is 19.1. The van der Waals surface area contributed by atoms with Crippen LogP contribution in [0.25, 0.3) is 0 Å². The van der Waals surface area contributed by atoms with Crippen molar-refractivity contribution >= 4 is 0 Å². The van der Waals surface area contributed by atoms with Crippen LogP contribution in [0.2, 0.25) is 0 Å². The van der Waals surface area contributed by atoms with E-state index < -0.39 is 0 Å². The molecule has 1 unspecified atom stereocenters. The van der Waals surface area contributed by atoms with Gasteiger partial charge < -0.3 is 0 Å². The molecule has 0 aromatic carbocycles. The molecule has 0 bridgehead atoms. The molecule has 0 aliphatic carbocycles. The average molecular weight is 207 g/mol. The smallest absolute Gasteiger partial charge is 0.141 e. The van der Waals surface area contributed by atoms with Crippen molar-refractivity contribution in [3.8, 4) is 6.07 Å². The molecule has 0 aliphatic rings. The summed E-state index contributed by atoms with van der Waals surface area (Å²) in [6.07, 6.45) is 3.29. The maximum absolute atomic E-state index is 12.8. The Morgan fingerprint density at radius 1 is 1.60 bits per heavy atom. The predicted molar refractivity (Wildman–Crippen MR) is 55.4 cm³/mol. The van der Waals surface area contributed by atoms with Crippen molar-refractivity contribution in [2.45, 2.75) is 25.9 Å². The fraction of sp³-hybridized carbons (Fsp3) is 0.455. The first-order chi connectivity index (χ1) is 7.13. The van der Waals surface area contributed by atoms with Crippen LogP contribution < -0.4 is 0 Å². The van der Waals surface area contributed by atoms with Crippen LogP contribution in [0.15, 0.2) is 18.5 Å². The summed E-state index contributed by atoms with van der Waals surface area (Å²) in [6.45, 7) is 2.57. The van der Waals surface area contributed by atoms with Gasteiger partial charge in [0, 0.05) is 18.8 Å². The van der Waals surface area contributed by atoms with Gasteiger partial charge in [0.15, 0.2) is 0 Å². The maximum atomic E-state index is 12.8. The molecule has 15 heavy (non-hydrogen) atoms. The van der Waals surface area contributed by atoms with Crippen LogP contribution in [0.5, 0.6) is 0 Å². The van der Waals surface area contributed by atoms with Crippen molar-refractivity contribution in [2.75, 3.05) is 7.05 Å². The van der Waals surface area contributed by atoms with Crippen LogP contribution in [-0.4, -0.2) is 23.0 Å². The SMILES string of the molecule is CC(CC#N)N(C)Cc1cncc(F)c1. The Morgan fingerprint density at radius 3 is 2.93 bits per heavy atom. The second-order valence-electron chi connectivity index (χ2n) is 3.64. The minimum atomic E-state index is -0.325. The Kier molecular flexibility index (Phi) is 4.19. The summed E-state index contributed by atoms with van der Waals surface area (Å²) in [5.74, 6) is -0.325. The lowest BCUT2D eigenvalue weighted by Gasteiger charge is -2.22. The van der Waals surface area contributed by atoms with Crippen LogP contribution in [0.1, 0.15) is 18.9 Å². The van der Waals surface area contributed by atoms with Gasteiger partial charge in [-0.15, -0.1) is 0 Å². The first-order valence-electron chi connectivity index (χ1n) is 4.80. The van der Waals surface area contributed by atoms with Gasteiger partial charge in [-0.1, -0.05) is 0 Å². The van der Waals surface area contributed by atoms with Crippen molar-refractivity contribution in [3.05, 3.63) is 29.8 Å². The summed E-state index contributed by atoms with van der Waals surface area (Å²) < 4.78 is 12.8. The van der Waals surface area contributed by atoms with Gasteiger partial charge >= 0.3 is 0 Å². The van der Waals surface area contributed by atoms with Gasteiger partial charge in [0.1, 0.15) is 5.82 Å². The first-order valence-corrected chi connectivity index (χ1v) is 4.80. The number of aromatic nitrogens is 1. The zero-order valence-corrected chi connectivity index (χ0v) is 8.94. The van der Waals surface area contributed by atoms with E-state index in [1.165, 1.54) is 12.3 Å². The van der Waals surface area contributed by atoms with Gasteiger partial charge in [0.2, 0.25) is 0 Å². The van der Waals surface area contributed by atoms with E-state index in [9.17, 15) is 4.39 Å². The van der Waals surface area contributed by atoms with Gasteiger partial charge in [-0.3, -0.25) is 9.88 Å². The Labute approximate surface area is 89.2 Å². The molecule has 0 saturated carbocycles. The first kappa shape index (κ1) is 11.6. The monoisotopic (exact) mass is 207 g/mol. The maximum Gasteiger partial charge on any atom is 0.141 e. The summed E-state index contributed by atoms with van der Waals surface area (Å²) >= 11 is 0. The molecular weight excluding hydrogens is 193 g/mol. The minimum absolute atomic E-state index is 0.165. The van der Waals surface area contributed by atoms with E-state index in [1.807, 2.05) is 18.9 Å². The normalized spacial score (nSPS) is 12.5. The molecule has 4 heteroatoms. The molecule has 1 aromatic heterocycles. The zero-order chi connectivity index (χ0) is 11.3. The standard InChI is InChI=1S/C11H14FN3/c1-9(3-4-13)15(2)8-10-5-11(12)7-14-6-10/h5-7,9H,3,8H2,1-2H3. The number of rotatable bonds is 4. The average Bonchev–Trinajstić information content (AvgIpc) is 2.18. The van der Waals surface area contributed by atoms with Crippen molar-refractivity contribution in [2.24, 2.45) is 0 Å². The number of pyridine rings is 1. The van der Waals surface area contributed by atoms with Crippen molar-refractivity contribution in [3.63, 3.8) is 0 Å². The molecule has 1 atom stereocenters. The van der Waals surface area contributed by atoms with Crippen LogP contribution in [0, 0.1) is 17.1 Å². The second kappa shape index (κ2) is 5.42. The van der Waals surface area contributed by atoms with E-state index in [2.05, 4.69) is 11.1 Å².